The number of fused-ring (bicyclic) bond motifs is 1. The zero-order valence-electron chi connectivity index (χ0n) is 11.0. The van der Waals surface area contributed by atoms with Gasteiger partial charge in [0, 0.05) is 6.04 Å². The summed E-state index contributed by atoms with van der Waals surface area (Å²) in [7, 11) is 0. The maximum Gasteiger partial charge on any atom is 0.224 e. The molecule has 0 bridgehead atoms. The number of anilines is 1. The molecular formula is C13H18ClN5. The summed E-state index contributed by atoms with van der Waals surface area (Å²) in [4.78, 5) is 15.1. The smallest absolute Gasteiger partial charge is 0.224 e. The zero-order valence-corrected chi connectivity index (χ0v) is 11.8. The molecule has 1 fully saturated rings. The van der Waals surface area contributed by atoms with Crippen LogP contribution in [0, 0.1) is 0 Å². The Kier molecular flexibility index (Phi) is 3.31. The lowest BCUT2D eigenvalue weighted by molar-refractivity contribution is 0.550. The van der Waals surface area contributed by atoms with E-state index in [1.807, 2.05) is 0 Å². The lowest BCUT2D eigenvalue weighted by atomic mass is 10.1. The van der Waals surface area contributed by atoms with E-state index in [0.717, 1.165) is 17.9 Å². The number of rotatable bonds is 2. The van der Waals surface area contributed by atoms with Crippen molar-refractivity contribution >= 4 is 28.9 Å². The predicted octanol–water partition coefficient (Wildman–Crippen LogP) is 2.66. The second-order valence-electron chi connectivity index (χ2n) is 5.15. The molecule has 3 rings (SSSR count). The minimum Gasteiger partial charge on any atom is -0.385 e. The summed E-state index contributed by atoms with van der Waals surface area (Å²) in [5.41, 5.74) is 6.85. The number of nitrogens with two attached hydrogens (primary N) is 1. The van der Waals surface area contributed by atoms with Crippen LogP contribution in [0.1, 0.15) is 39.0 Å². The first-order valence-electron chi connectivity index (χ1n) is 6.85. The molecule has 2 heterocycles. The quantitative estimate of drug-likeness (QED) is 0.845. The van der Waals surface area contributed by atoms with Gasteiger partial charge in [-0.25, -0.2) is 9.98 Å². The molecule has 1 atom stereocenters. The van der Waals surface area contributed by atoms with Crippen LogP contribution in [0.3, 0.4) is 0 Å². The van der Waals surface area contributed by atoms with Gasteiger partial charge in [-0.15, -0.1) is 0 Å². The van der Waals surface area contributed by atoms with Crippen molar-refractivity contribution in [2.75, 3.05) is 4.90 Å². The molecule has 2 N–H and O–H groups in total. The molecule has 1 aromatic heterocycles. The van der Waals surface area contributed by atoms with Crippen molar-refractivity contribution in [3.63, 3.8) is 0 Å². The molecule has 19 heavy (non-hydrogen) atoms. The molecule has 1 aliphatic carbocycles. The van der Waals surface area contributed by atoms with Gasteiger partial charge in [0.05, 0.1) is 12.2 Å². The number of halogens is 1. The summed E-state index contributed by atoms with van der Waals surface area (Å²) < 4.78 is 0. The van der Waals surface area contributed by atoms with E-state index in [2.05, 4.69) is 26.8 Å². The standard InChI is InChI=1S/C13H18ClN5/c1-2-10-11(15)17-9-7-16-13(14)18-12(9)19(10)8-5-3-4-6-8/h7-8,10H,2-6H2,1H3,(H2,15,17). The fourth-order valence-electron chi connectivity index (χ4n) is 3.13. The van der Waals surface area contributed by atoms with E-state index in [4.69, 9.17) is 17.3 Å². The highest BCUT2D eigenvalue weighted by atomic mass is 35.5. The second-order valence-corrected chi connectivity index (χ2v) is 5.49. The van der Waals surface area contributed by atoms with Gasteiger partial charge < -0.3 is 10.6 Å². The van der Waals surface area contributed by atoms with Crippen molar-refractivity contribution in [1.82, 2.24) is 9.97 Å². The van der Waals surface area contributed by atoms with Crippen molar-refractivity contribution in [2.45, 2.75) is 51.1 Å². The van der Waals surface area contributed by atoms with Crippen LogP contribution in [-0.4, -0.2) is 27.9 Å². The number of aromatic nitrogens is 2. The van der Waals surface area contributed by atoms with E-state index < -0.39 is 0 Å². The maximum absolute atomic E-state index is 6.12. The Bertz CT molecular complexity index is 510. The summed E-state index contributed by atoms with van der Waals surface area (Å²) in [6.45, 7) is 2.13. The molecule has 0 spiro atoms. The van der Waals surface area contributed by atoms with Gasteiger partial charge in [-0.2, -0.15) is 4.98 Å². The van der Waals surface area contributed by atoms with Crippen LogP contribution in [-0.2, 0) is 0 Å². The third-order valence-electron chi connectivity index (χ3n) is 4.00. The predicted molar refractivity (Wildman–Crippen MR) is 77.1 cm³/mol. The molecule has 2 aliphatic rings. The largest absolute Gasteiger partial charge is 0.385 e. The van der Waals surface area contributed by atoms with Crippen molar-refractivity contribution in [3.8, 4) is 0 Å². The Hall–Kier alpha value is -1.36. The Labute approximate surface area is 117 Å². The average Bonchev–Trinajstić information content (AvgIpc) is 2.91. The SMILES string of the molecule is CCC1C(N)=Nc2cnc(Cl)nc2N1C1CCCC1. The number of nitrogens with zero attached hydrogens (tertiary/aromatic N) is 4. The number of amidine groups is 1. The zero-order chi connectivity index (χ0) is 13.4. The molecule has 1 aromatic rings. The Morgan fingerprint density at radius 2 is 2.16 bits per heavy atom. The van der Waals surface area contributed by atoms with Crippen LogP contribution in [0.4, 0.5) is 11.5 Å². The van der Waals surface area contributed by atoms with Gasteiger partial charge in [-0.1, -0.05) is 19.8 Å². The van der Waals surface area contributed by atoms with Crippen molar-refractivity contribution < 1.29 is 0 Å². The second kappa shape index (κ2) is 4.96. The first-order valence-corrected chi connectivity index (χ1v) is 7.23. The highest BCUT2D eigenvalue weighted by molar-refractivity contribution is 6.28. The van der Waals surface area contributed by atoms with E-state index in [-0.39, 0.29) is 11.3 Å². The average molecular weight is 280 g/mol. The Balaban J connectivity index is 2.08. The number of hydrogen-bond acceptors (Lipinski definition) is 5. The van der Waals surface area contributed by atoms with Crippen LogP contribution in [0.5, 0.6) is 0 Å². The van der Waals surface area contributed by atoms with Gasteiger partial charge in [-0.05, 0) is 30.9 Å². The molecule has 1 unspecified atom stereocenters. The van der Waals surface area contributed by atoms with Crippen LogP contribution < -0.4 is 10.6 Å². The van der Waals surface area contributed by atoms with E-state index in [1.54, 1.807) is 6.20 Å². The van der Waals surface area contributed by atoms with Crippen LogP contribution in [0.2, 0.25) is 5.28 Å². The third kappa shape index (κ3) is 2.16. The van der Waals surface area contributed by atoms with Crippen LogP contribution in [0.25, 0.3) is 0 Å². The molecule has 0 aromatic carbocycles. The lowest BCUT2D eigenvalue weighted by Crippen LogP contribution is -2.51. The van der Waals surface area contributed by atoms with Gasteiger partial charge in [0.25, 0.3) is 0 Å². The number of hydrogen-bond donors (Lipinski definition) is 1. The van der Waals surface area contributed by atoms with Gasteiger partial charge in [0.1, 0.15) is 11.5 Å². The maximum atomic E-state index is 6.12. The molecule has 0 radical (unpaired) electrons. The number of aliphatic imine (C=N–C) groups is 1. The molecule has 0 saturated heterocycles. The Morgan fingerprint density at radius 1 is 1.42 bits per heavy atom. The minimum absolute atomic E-state index is 0.126. The normalized spacial score (nSPS) is 23.4. The summed E-state index contributed by atoms with van der Waals surface area (Å²) in [6, 6.07) is 0.616. The van der Waals surface area contributed by atoms with Gasteiger partial charge in [-0.3, -0.25) is 0 Å². The van der Waals surface area contributed by atoms with E-state index in [1.165, 1.54) is 25.7 Å². The van der Waals surface area contributed by atoms with E-state index >= 15 is 0 Å². The first-order chi connectivity index (χ1) is 9.20. The fourth-order valence-corrected chi connectivity index (χ4v) is 3.26. The van der Waals surface area contributed by atoms with Crippen molar-refractivity contribution in [3.05, 3.63) is 11.5 Å². The highest BCUT2D eigenvalue weighted by Crippen LogP contribution is 2.38. The Morgan fingerprint density at radius 3 is 2.84 bits per heavy atom. The third-order valence-corrected chi connectivity index (χ3v) is 4.18. The van der Waals surface area contributed by atoms with E-state index in [0.29, 0.717) is 11.9 Å². The molecular weight excluding hydrogens is 262 g/mol. The highest BCUT2D eigenvalue weighted by Gasteiger charge is 2.35. The van der Waals surface area contributed by atoms with Gasteiger partial charge in [0.15, 0.2) is 5.82 Å². The molecule has 1 aliphatic heterocycles. The molecule has 5 nitrogen and oxygen atoms in total. The van der Waals surface area contributed by atoms with Gasteiger partial charge in [0.2, 0.25) is 5.28 Å². The first kappa shape index (κ1) is 12.7. The van der Waals surface area contributed by atoms with Crippen LogP contribution in [0.15, 0.2) is 11.2 Å². The van der Waals surface area contributed by atoms with Crippen molar-refractivity contribution in [2.24, 2.45) is 10.7 Å². The van der Waals surface area contributed by atoms with Gasteiger partial charge >= 0.3 is 0 Å². The summed E-state index contributed by atoms with van der Waals surface area (Å²) in [6.07, 6.45) is 7.49. The molecule has 102 valence electrons. The van der Waals surface area contributed by atoms with Crippen LogP contribution >= 0.6 is 11.6 Å². The van der Waals surface area contributed by atoms with E-state index in [9.17, 15) is 0 Å². The summed E-state index contributed by atoms with van der Waals surface area (Å²) in [5.74, 6) is 1.50. The molecule has 6 heteroatoms. The summed E-state index contributed by atoms with van der Waals surface area (Å²) >= 11 is 5.95. The summed E-state index contributed by atoms with van der Waals surface area (Å²) in [5, 5.41) is 0.271. The lowest BCUT2D eigenvalue weighted by Gasteiger charge is -2.39. The minimum atomic E-state index is 0.126. The topological polar surface area (TPSA) is 67.4 Å². The monoisotopic (exact) mass is 279 g/mol. The molecule has 0 amide bonds. The van der Waals surface area contributed by atoms with Crippen molar-refractivity contribution in [1.29, 1.82) is 0 Å². The fraction of sp³-hybridized carbons (Fsp3) is 0.615. The molecule has 1 saturated carbocycles.